The van der Waals surface area contributed by atoms with Gasteiger partial charge in [-0.05, 0) is 36.4 Å². The van der Waals surface area contributed by atoms with Crippen molar-refractivity contribution in [2.75, 3.05) is 14.2 Å². The number of H-pyrrole nitrogens is 1. The molecule has 5 heteroatoms. The van der Waals surface area contributed by atoms with Crippen molar-refractivity contribution in [1.29, 1.82) is 0 Å². The number of aromatic nitrogens is 1. The average molecular weight is 321 g/mol. The zero-order valence-corrected chi connectivity index (χ0v) is 13.3. The van der Waals surface area contributed by atoms with Crippen LogP contribution in [0.3, 0.4) is 0 Å². The summed E-state index contributed by atoms with van der Waals surface area (Å²) < 4.78 is 16.2. The van der Waals surface area contributed by atoms with E-state index in [1.807, 2.05) is 24.4 Å². The molecule has 1 aromatic heterocycles. The van der Waals surface area contributed by atoms with E-state index in [1.165, 1.54) is 0 Å². The van der Waals surface area contributed by atoms with Crippen LogP contribution < -0.4 is 14.2 Å². The van der Waals surface area contributed by atoms with Gasteiger partial charge >= 0.3 is 0 Å². The van der Waals surface area contributed by atoms with Crippen LogP contribution >= 0.6 is 0 Å². The van der Waals surface area contributed by atoms with Crippen LogP contribution in [0.5, 0.6) is 17.2 Å². The van der Waals surface area contributed by atoms with Crippen molar-refractivity contribution in [2.24, 2.45) is 0 Å². The highest BCUT2D eigenvalue weighted by Crippen LogP contribution is 2.35. The van der Waals surface area contributed by atoms with E-state index >= 15 is 0 Å². The lowest BCUT2D eigenvalue weighted by atomic mass is 10.1. The maximum absolute atomic E-state index is 12.5. The molecule has 4 rings (SSSR count). The molecular formula is C19H15NO4. The number of hydrogen-bond acceptors (Lipinski definition) is 4. The van der Waals surface area contributed by atoms with Crippen molar-refractivity contribution in [3.63, 3.8) is 0 Å². The highest BCUT2D eigenvalue weighted by Gasteiger charge is 2.28. The molecule has 24 heavy (non-hydrogen) atoms. The smallest absolute Gasteiger partial charge is 0.231 e. The number of nitrogens with one attached hydrogen (secondary N) is 1. The van der Waals surface area contributed by atoms with Crippen LogP contribution in [-0.4, -0.2) is 25.0 Å². The number of carbonyl (C=O) groups is 1. The minimum absolute atomic E-state index is 0.134. The fourth-order valence-electron chi connectivity index (χ4n) is 2.80. The van der Waals surface area contributed by atoms with Crippen molar-refractivity contribution >= 4 is 22.8 Å². The van der Waals surface area contributed by atoms with E-state index in [1.54, 1.807) is 38.5 Å². The van der Waals surface area contributed by atoms with E-state index < -0.39 is 0 Å². The molecule has 0 saturated heterocycles. The predicted octanol–water partition coefficient (Wildman–Crippen LogP) is 3.80. The predicted molar refractivity (Wildman–Crippen MR) is 90.8 cm³/mol. The Labute approximate surface area is 138 Å². The zero-order valence-electron chi connectivity index (χ0n) is 13.3. The number of fused-ring (bicyclic) bond motifs is 2. The summed E-state index contributed by atoms with van der Waals surface area (Å²) in [6, 6.07) is 10.9. The highest BCUT2D eigenvalue weighted by atomic mass is 16.5. The zero-order chi connectivity index (χ0) is 16.7. The first-order valence-electron chi connectivity index (χ1n) is 7.47. The molecule has 0 fully saturated rings. The van der Waals surface area contributed by atoms with Crippen molar-refractivity contribution in [1.82, 2.24) is 4.98 Å². The molecule has 0 unspecified atom stereocenters. The molecule has 3 aromatic rings. The van der Waals surface area contributed by atoms with Gasteiger partial charge in [0.25, 0.3) is 0 Å². The Hall–Kier alpha value is -3.21. The molecule has 0 aliphatic carbocycles. The Morgan fingerprint density at radius 2 is 1.79 bits per heavy atom. The molecule has 1 aliphatic rings. The molecule has 1 N–H and O–H groups in total. The second-order valence-electron chi connectivity index (χ2n) is 5.46. The molecule has 120 valence electrons. The van der Waals surface area contributed by atoms with Gasteiger partial charge in [0.15, 0.2) is 5.76 Å². The summed E-state index contributed by atoms with van der Waals surface area (Å²) in [5.74, 6) is 2.09. The summed E-state index contributed by atoms with van der Waals surface area (Å²) in [6.45, 7) is 0. The van der Waals surface area contributed by atoms with Crippen molar-refractivity contribution in [3.8, 4) is 17.2 Å². The van der Waals surface area contributed by atoms with Gasteiger partial charge < -0.3 is 19.2 Å². The maximum atomic E-state index is 12.5. The molecule has 0 spiro atoms. The lowest BCUT2D eigenvalue weighted by Crippen LogP contribution is -1.97. The van der Waals surface area contributed by atoms with Gasteiger partial charge in [-0.1, -0.05) is 0 Å². The summed E-state index contributed by atoms with van der Waals surface area (Å²) in [7, 11) is 3.20. The van der Waals surface area contributed by atoms with E-state index in [2.05, 4.69) is 4.98 Å². The van der Waals surface area contributed by atoms with Gasteiger partial charge in [-0.15, -0.1) is 0 Å². The van der Waals surface area contributed by atoms with E-state index in [4.69, 9.17) is 14.2 Å². The van der Waals surface area contributed by atoms with Gasteiger partial charge in [0, 0.05) is 28.7 Å². The first kappa shape index (κ1) is 14.4. The molecule has 0 radical (unpaired) electrons. The Bertz CT molecular complexity index is 984. The topological polar surface area (TPSA) is 60.6 Å². The number of ketones is 1. The molecule has 0 amide bonds. The Balaban J connectivity index is 1.76. The van der Waals surface area contributed by atoms with Crippen LogP contribution in [0.4, 0.5) is 0 Å². The highest BCUT2D eigenvalue weighted by molar-refractivity contribution is 6.15. The SMILES string of the molecule is COc1ccc2c(c1)OC(=Cc1c[nH]c3ccc(OC)cc13)C2=O. The van der Waals surface area contributed by atoms with Gasteiger partial charge in [0.1, 0.15) is 17.2 Å². The summed E-state index contributed by atoms with van der Waals surface area (Å²) in [6.07, 6.45) is 3.59. The first-order chi connectivity index (χ1) is 11.7. The number of ether oxygens (including phenoxy) is 3. The van der Waals surface area contributed by atoms with Crippen LogP contribution in [-0.2, 0) is 0 Å². The first-order valence-corrected chi connectivity index (χ1v) is 7.47. The number of carbonyl (C=O) groups excluding carboxylic acids is 1. The van der Waals surface area contributed by atoms with Crippen molar-refractivity contribution in [3.05, 3.63) is 59.5 Å². The third kappa shape index (κ3) is 2.22. The van der Waals surface area contributed by atoms with Gasteiger partial charge in [-0.3, -0.25) is 4.79 Å². The van der Waals surface area contributed by atoms with Crippen LogP contribution in [0.1, 0.15) is 15.9 Å². The Morgan fingerprint density at radius 3 is 2.58 bits per heavy atom. The van der Waals surface area contributed by atoms with Gasteiger partial charge in [-0.25, -0.2) is 0 Å². The number of methoxy groups -OCH3 is 2. The summed E-state index contributed by atoms with van der Waals surface area (Å²) in [5.41, 5.74) is 2.37. The normalized spacial score (nSPS) is 14.8. The molecule has 0 atom stereocenters. The van der Waals surface area contributed by atoms with Crippen LogP contribution in [0.15, 0.2) is 48.4 Å². The minimum Gasteiger partial charge on any atom is -0.497 e. The summed E-state index contributed by atoms with van der Waals surface area (Å²) in [5, 5.41) is 0.965. The fraction of sp³-hybridized carbons (Fsp3) is 0.105. The largest absolute Gasteiger partial charge is 0.497 e. The van der Waals surface area contributed by atoms with Crippen LogP contribution in [0.2, 0.25) is 0 Å². The molecular weight excluding hydrogens is 306 g/mol. The van der Waals surface area contributed by atoms with Crippen LogP contribution in [0, 0.1) is 0 Å². The quantitative estimate of drug-likeness (QED) is 0.745. The fourth-order valence-corrected chi connectivity index (χ4v) is 2.80. The number of rotatable bonds is 3. The minimum atomic E-state index is -0.134. The number of Topliss-reactive ketones (excluding diaryl/α,β-unsaturated/α-hetero) is 1. The van der Waals surface area contributed by atoms with Gasteiger partial charge in [0.05, 0.1) is 19.8 Å². The number of allylic oxidation sites excluding steroid dienone is 1. The van der Waals surface area contributed by atoms with Crippen LogP contribution in [0.25, 0.3) is 17.0 Å². The van der Waals surface area contributed by atoms with E-state index in [0.717, 1.165) is 22.2 Å². The molecule has 0 bridgehead atoms. The number of aromatic amines is 1. The molecule has 5 nitrogen and oxygen atoms in total. The van der Waals surface area contributed by atoms with E-state index in [0.29, 0.717) is 22.8 Å². The van der Waals surface area contributed by atoms with Crippen molar-refractivity contribution in [2.45, 2.75) is 0 Å². The van der Waals surface area contributed by atoms with E-state index in [9.17, 15) is 4.79 Å². The molecule has 0 saturated carbocycles. The second-order valence-corrected chi connectivity index (χ2v) is 5.46. The summed E-state index contributed by atoms with van der Waals surface area (Å²) >= 11 is 0. The van der Waals surface area contributed by atoms with E-state index in [-0.39, 0.29) is 5.78 Å². The third-order valence-electron chi connectivity index (χ3n) is 4.08. The lowest BCUT2D eigenvalue weighted by Gasteiger charge is -2.01. The summed E-state index contributed by atoms with van der Waals surface area (Å²) in [4.78, 5) is 15.7. The number of hydrogen-bond donors (Lipinski definition) is 1. The Kier molecular flexibility index (Phi) is 3.27. The van der Waals surface area contributed by atoms with Crippen molar-refractivity contribution < 1.29 is 19.0 Å². The standard InChI is InChI=1S/C19H15NO4/c1-22-12-4-6-16-15(8-12)11(10-20-16)7-18-19(21)14-5-3-13(23-2)9-17(14)24-18/h3-10,20H,1-2H3. The molecule has 2 heterocycles. The monoisotopic (exact) mass is 321 g/mol. The van der Waals surface area contributed by atoms with Gasteiger partial charge in [0.2, 0.25) is 5.78 Å². The lowest BCUT2D eigenvalue weighted by molar-refractivity contribution is 0.101. The Morgan fingerprint density at radius 1 is 1.04 bits per heavy atom. The third-order valence-corrected chi connectivity index (χ3v) is 4.08. The molecule has 1 aliphatic heterocycles. The van der Waals surface area contributed by atoms with Gasteiger partial charge in [-0.2, -0.15) is 0 Å². The second kappa shape index (κ2) is 5.45. The number of benzene rings is 2. The average Bonchev–Trinajstić information content (AvgIpc) is 3.16. The molecule has 2 aromatic carbocycles. The maximum Gasteiger partial charge on any atom is 0.231 e.